The Bertz CT molecular complexity index is 799. The third kappa shape index (κ3) is 3.27. The summed E-state index contributed by atoms with van der Waals surface area (Å²) in [5.41, 5.74) is 2.34. The normalized spacial score (nSPS) is 13.5. The average Bonchev–Trinajstić information content (AvgIpc) is 3.01. The lowest BCUT2D eigenvalue weighted by Gasteiger charge is -2.14. The van der Waals surface area contributed by atoms with Crippen LogP contribution in [0, 0.1) is 0 Å². The molecule has 1 heterocycles. The molecule has 1 saturated heterocycles. The van der Waals surface area contributed by atoms with Crippen LogP contribution in [0.1, 0.15) is 27.6 Å². The van der Waals surface area contributed by atoms with E-state index < -0.39 is 0 Å². The number of urea groups is 1. The Balaban J connectivity index is 1.72. The van der Waals surface area contributed by atoms with Crippen LogP contribution in [0.4, 0.5) is 16.2 Å². The van der Waals surface area contributed by atoms with Gasteiger partial charge in [0.05, 0.1) is 0 Å². The van der Waals surface area contributed by atoms with Crippen molar-refractivity contribution in [3.63, 3.8) is 0 Å². The number of carbonyl (C=O) groups is 3. The summed E-state index contributed by atoms with van der Waals surface area (Å²) in [7, 11) is 0. The minimum atomic E-state index is -0.270. The molecule has 1 aliphatic rings. The van der Waals surface area contributed by atoms with E-state index in [-0.39, 0.29) is 17.7 Å². The molecular weight excluding hydrogens is 306 g/mol. The molecule has 6 nitrogen and oxygen atoms in total. The van der Waals surface area contributed by atoms with E-state index in [0.717, 1.165) is 5.69 Å². The van der Waals surface area contributed by atoms with Gasteiger partial charge >= 0.3 is 6.03 Å². The van der Waals surface area contributed by atoms with Gasteiger partial charge in [-0.1, -0.05) is 12.1 Å². The van der Waals surface area contributed by atoms with Gasteiger partial charge in [-0.25, -0.2) is 4.79 Å². The summed E-state index contributed by atoms with van der Waals surface area (Å²) in [5.74, 6) is -0.326. The molecular formula is C18H17N3O3. The first-order valence-corrected chi connectivity index (χ1v) is 7.62. The van der Waals surface area contributed by atoms with Crippen molar-refractivity contribution in [1.29, 1.82) is 0 Å². The minimum absolute atomic E-state index is 0.0562. The lowest BCUT2D eigenvalue weighted by atomic mass is 10.1. The first kappa shape index (κ1) is 15.7. The molecule has 0 radical (unpaired) electrons. The molecule has 0 unspecified atom stereocenters. The van der Waals surface area contributed by atoms with Crippen LogP contribution in [0.15, 0.2) is 48.5 Å². The number of rotatable bonds is 4. The smallest absolute Gasteiger partial charge is 0.321 e. The zero-order chi connectivity index (χ0) is 17.1. The van der Waals surface area contributed by atoms with Crippen LogP contribution in [-0.2, 0) is 0 Å². The molecule has 24 heavy (non-hydrogen) atoms. The molecule has 0 spiro atoms. The second-order valence-electron chi connectivity index (χ2n) is 5.52. The molecule has 0 atom stereocenters. The van der Waals surface area contributed by atoms with E-state index in [2.05, 4.69) is 10.6 Å². The zero-order valence-corrected chi connectivity index (χ0v) is 13.2. The number of Topliss-reactive ketones (excluding diaryl/α,β-unsaturated/α-hetero) is 1. The predicted octanol–water partition coefficient (Wildman–Crippen LogP) is 2.67. The van der Waals surface area contributed by atoms with Gasteiger partial charge < -0.3 is 10.6 Å². The molecule has 3 rings (SSSR count). The van der Waals surface area contributed by atoms with Crippen molar-refractivity contribution in [3.05, 3.63) is 59.7 Å². The second-order valence-corrected chi connectivity index (χ2v) is 5.52. The number of hydrogen-bond acceptors (Lipinski definition) is 3. The molecule has 6 heteroatoms. The Morgan fingerprint density at radius 2 is 1.83 bits per heavy atom. The number of nitrogens with zero attached hydrogens (tertiary/aromatic N) is 1. The number of amides is 3. The highest BCUT2D eigenvalue weighted by Gasteiger charge is 2.21. The Morgan fingerprint density at radius 1 is 1.08 bits per heavy atom. The molecule has 1 fully saturated rings. The fraction of sp³-hybridized carbons (Fsp3) is 0.167. The van der Waals surface area contributed by atoms with E-state index in [1.807, 2.05) is 0 Å². The van der Waals surface area contributed by atoms with Crippen molar-refractivity contribution < 1.29 is 14.4 Å². The Kier molecular flexibility index (Phi) is 4.29. The van der Waals surface area contributed by atoms with Crippen molar-refractivity contribution in [2.45, 2.75) is 6.92 Å². The van der Waals surface area contributed by atoms with Gasteiger partial charge in [-0.15, -0.1) is 0 Å². The number of carbonyl (C=O) groups excluding carboxylic acids is 3. The summed E-state index contributed by atoms with van der Waals surface area (Å²) >= 11 is 0. The van der Waals surface area contributed by atoms with Gasteiger partial charge in [0, 0.05) is 35.6 Å². The van der Waals surface area contributed by atoms with Crippen LogP contribution in [0.25, 0.3) is 0 Å². The monoisotopic (exact) mass is 323 g/mol. The Labute approximate surface area is 139 Å². The van der Waals surface area contributed by atoms with Gasteiger partial charge in [0.15, 0.2) is 5.78 Å². The Morgan fingerprint density at radius 3 is 2.46 bits per heavy atom. The van der Waals surface area contributed by atoms with E-state index in [9.17, 15) is 14.4 Å². The molecule has 2 aromatic rings. The molecule has 1 aliphatic heterocycles. The van der Waals surface area contributed by atoms with Crippen molar-refractivity contribution in [1.82, 2.24) is 5.32 Å². The number of nitrogens with one attached hydrogen (secondary N) is 2. The fourth-order valence-corrected chi connectivity index (χ4v) is 2.53. The predicted molar refractivity (Wildman–Crippen MR) is 91.6 cm³/mol. The van der Waals surface area contributed by atoms with Crippen molar-refractivity contribution >= 4 is 29.1 Å². The van der Waals surface area contributed by atoms with Crippen LogP contribution in [0.2, 0.25) is 0 Å². The molecule has 0 saturated carbocycles. The highest BCUT2D eigenvalue weighted by molar-refractivity contribution is 6.05. The number of anilines is 2. The molecule has 3 amide bonds. The van der Waals surface area contributed by atoms with E-state index >= 15 is 0 Å². The molecule has 0 aliphatic carbocycles. The van der Waals surface area contributed by atoms with Gasteiger partial charge in [0.1, 0.15) is 0 Å². The summed E-state index contributed by atoms with van der Waals surface area (Å²) in [6.07, 6.45) is 0. The van der Waals surface area contributed by atoms with Crippen molar-refractivity contribution in [3.8, 4) is 0 Å². The summed E-state index contributed by atoms with van der Waals surface area (Å²) in [6, 6.07) is 13.5. The van der Waals surface area contributed by atoms with Crippen LogP contribution in [0.5, 0.6) is 0 Å². The van der Waals surface area contributed by atoms with Crippen molar-refractivity contribution in [2.24, 2.45) is 0 Å². The Hall–Kier alpha value is -3.15. The van der Waals surface area contributed by atoms with Gasteiger partial charge in [-0.05, 0) is 43.3 Å². The standard InChI is InChI=1S/C18H17N3O3/c1-12(22)14-3-2-4-15(11-14)20-17(23)13-5-7-16(8-6-13)21-10-9-19-18(21)24/h2-8,11H,9-10H2,1H3,(H,19,24)(H,20,23). The maximum atomic E-state index is 12.3. The number of ketones is 1. The van der Waals surface area contributed by atoms with Crippen LogP contribution >= 0.6 is 0 Å². The summed E-state index contributed by atoms with van der Waals surface area (Å²) in [5, 5.41) is 5.50. The second kappa shape index (κ2) is 6.54. The zero-order valence-electron chi connectivity index (χ0n) is 13.2. The average molecular weight is 323 g/mol. The maximum absolute atomic E-state index is 12.3. The van der Waals surface area contributed by atoms with E-state index in [4.69, 9.17) is 0 Å². The van der Waals surface area contributed by atoms with Gasteiger partial charge in [-0.2, -0.15) is 0 Å². The maximum Gasteiger partial charge on any atom is 0.321 e. The largest absolute Gasteiger partial charge is 0.336 e. The molecule has 2 aromatic carbocycles. The fourth-order valence-electron chi connectivity index (χ4n) is 2.53. The highest BCUT2D eigenvalue weighted by atomic mass is 16.2. The van der Waals surface area contributed by atoms with Crippen molar-refractivity contribution in [2.75, 3.05) is 23.3 Å². The quantitative estimate of drug-likeness (QED) is 0.849. The highest BCUT2D eigenvalue weighted by Crippen LogP contribution is 2.18. The van der Waals surface area contributed by atoms with E-state index in [1.54, 1.807) is 53.4 Å². The van der Waals surface area contributed by atoms with E-state index in [0.29, 0.717) is 29.9 Å². The van der Waals surface area contributed by atoms with Gasteiger partial charge in [-0.3, -0.25) is 14.5 Å². The summed E-state index contributed by atoms with van der Waals surface area (Å²) in [6.45, 7) is 2.71. The molecule has 0 bridgehead atoms. The third-order valence-corrected chi connectivity index (χ3v) is 3.82. The van der Waals surface area contributed by atoms with Crippen LogP contribution in [-0.4, -0.2) is 30.8 Å². The lowest BCUT2D eigenvalue weighted by molar-refractivity contribution is 0.101. The first-order chi connectivity index (χ1) is 11.5. The van der Waals surface area contributed by atoms with Crippen LogP contribution in [0.3, 0.4) is 0 Å². The molecule has 122 valence electrons. The van der Waals surface area contributed by atoms with E-state index in [1.165, 1.54) is 6.92 Å². The van der Waals surface area contributed by atoms with Gasteiger partial charge in [0.25, 0.3) is 5.91 Å². The third-order valence-electron chi connectivity index (χ3n) is 3.82. The van der Waals surface area contributed by atoms with Crippen LogP contribution < -0.4 is 15.5 Å². The molecule has 0 aromatic heterocycles. The topological polar surface area (TPSA) is 78.5 Å². The number of benzene rings is 2. The minimum Gasteiger partial charge on any atom is -0.336 e. The number of hydrogen-bond donors (Lipinski definition) is 2. The summed E-state index contributed by atoms with van der Waals surface area (Å²) < 4.78 is 0. The van der Waals surface area contributed by atoms with Gasteiger partial charge in [0.2, 0.25) is 0 Å². The lowest BCUT2D eigenvalue weighted by Crippen LogP contribution is -2.27. The first-order valence-electron chi connectivity index (χ1n) is 7.62. The SMILES string of the molecule is CC(=O)c1cccc(NC(=O)c2ccc(N3CCNC3=O)cc2)c1. The summed E-state index contributed by atoms with van der Waals surface area (Å²) in [4.78, 5) is 36.9. The molecule has 2 N–H and O–H groups in total.